The van der Waals surface area contributed by atoms with E-state index in [1.54, 1.807) is 0 Å². The van der Waals surface area contributed by atoms with Gasteiger partial charge in [-0.15, -0.1) is 0 Å². The summed E-state index contributed by atoms with van der Waals surface area (Å²) in [5.41, 5.74) is 13.6. The molecule has 11 rings (SSSR count). The molecule has 10 aromatic rings. The van der Waals surface area contributed by atoms with Gasteiger partial charge in [0.2, 0.25) is 0 Å². The predicted octanol–water partition coefficient (Wildman–Crippen LogP) is 13.9. The van der Waals surface area contributed by atoms with Crippen molar-refractivity contribution in [3.63, 3.8) is 0 Å². The lowest BCUT2D eigenvalue weighted by atomic mass is 9.83. The Labute approximate surface area is 325 Å². The number of nitriles is 1. The Balaban J connectivity index is 1.23. The van der Waals surface area contributed by atoms with Crippen LogP contribution in [0.3, 0.4) is 0 Å². The van der Waals surface area contributed by atoms with Gasteiger partial charge in [0.1, 0.15) is 0 Å². The van der Waals surface area contributed by atoms with Gasteiger partial charge in [-0.1, -0.05) is 133 Å². The molecule has 260 valence electrons. The lowest BCUT2D eigenvalue weighted by Crippen LogP contribution is -2.20. The van der Waals surface area contributed by atoms with Crippen LogP contribution < -0.4 is 4.90 Å². The van der Waals surface area contributed by atoms with E-state index >= 15 is 0 Å². The van der Waals surface area contributed by atoms with Crippen LogP contribution in [-0.4, -0.2) is 4.98 Å². The fourth-order valence-electron chi connectivity index (χ4n) is 9.08. The molecule has 0 saturated heterocycles. The number of hydrogen-bond acceptors (Lipinski definition) is 3. The van der Waals surface area contributed by atoms with Gasteiger partial charge in [0, 0.05) is 46.6 Å². The van der Waals surface area contributed by atoms with Crippen molar-refractivity contribution >= 4 is 54.5 Å². The second-order valence-corrected chi connectivity index (χ2v) is 14.6. The van der Waals surface area contributed by atoms with Crippen molar-refractivity contribution < 1.29 is 0 Å². The molecule has 1 aliphatic heterocycles. The van der Waals surface area contributed by atoms with E-state index < -0.39 is 0 Å². The van der Waals surface area contributed by atoms with Crippen LogP contribution in [0.15, 0.2) is 188 Å². The third-order valence-electron chi connectivity index (χ3n) is 11.6. The summed E-state index contributed by atoms with van der Waals surface area (Å²) in [4.78, 5) is 6.85. The molecule has 0 atom stereocenters. The molecule has 0 N–H and O–H groups in total. The molecule has 0 unspecified atom stereocenters. The van der Waals surface area contributed by atoms with E-state index in [4.69, 9.17) is 0 Å². The first-order valence-corrected chi connectivity index (χ1v) is 19.0. The van der Waals surface area contributed by atoms with Crippen molar-refractivity contribution in [3.05, 3.63) is 199 Å². The number of aromatic nitrogens is 1. The van der Waals surface area contributed by atoms with Crippen LogP contribution in [0.1, 0.15) is 11.1 Å². The Bertz CT molecular complexity index is 3200. The predicted molar refractivity (Wildman–Crippen MR) is 233 cm³/mol. The van der Waals surface area contributed by atoms with Gasteiger partial charge in [-0.3, -0.25) is 4.98 Å². The maximum atomic E-state index is 10.2. The van der Waals surface area contributed by atoms with Gasteiger partial charge < -0.3 is 4.90 Å². The van der Waals surface area contributed by atoms with Gasteiger partial charge in [0.15, 0.2) is 0 Å². The Morgan fingerprint density at radius 2 is 1.07 bits per heavy atom. The maximum Gasteiger partial charge on any atom is 0.0998 e. The highest BCUT2D eigenvalue weighted by Gasteiger charge is 2.25. The number of nitrogens with zero attached hydrogens (tertiary/aromatic N) is 3. The van der Waals surface area contributed by atoms with Crippen LogP contribution in [-0.2, 0) is 6.54 Å². The van der Waals surface area contributed by atoms with E-state index in [-0.39, 0.29) is 0 Å². The van der Waals surface area contributed by atoms with E-state index in [0.29, 0.717) is 5.56 Å². The molecule has 0 bridgehead atoms. The largest absolute Gasteiger partial charge is 0.336 e. The molecule has 2 heterocycles. The number of rotatable bonds is 5. The van der Waals surface area contributed by atoms with Crippen molar-refractivity contribution in [2.45, 2.75) is 6.54 Å². The molecule has 0 aliphatic carbocycles. The van der Waals surface area contributed by atoms with Crippen molar-refractivity contribution in [2.24, 2.45) is 0 Å². The maximum absolute atomic E-state index is 10.2. The summed E-state index contributed by atoms with van der Waals surface area (Å²) in [7, 11) is 0. The van der Waals surface area contributed by atoms with E-state index in [0.717, 1.165) is 40.0 Å². The normalized spacial score (nSPS) is 12.2. The third kappa shape index (κ3) is 4.94. The zero-order chi connectivity index (χ0) is 37.2. The van der Waals surface area contributed by atoms with Gasteiger partial charge >= 0.3 is 0 Å². The Kier molecular flexibility index (Phi) is 7.30. The smallest absolute Gasteiger partial charge is 0.0998 e. The summed E-state index contributed by atoms with van der Waals surface area (Å²) in [6.07, 6.45) is 3.77. The second-order valence-electron chi connectivity index (χ2n) is 14.6. The minimum absolute atomic E-state index is 0.709. The van der Waals surface area contributed by atoms with Crippen molar-refractivity contribution in [3.8, 4) is 50.6 Å². The number of para-hydroxylation sites is 1. The zero-order valence-electron chi connectivity index (χ0n) is 30.4. The first kappa shape index (κ1) is 31.9. The van der Waals surface area contributed by atoms with Gasteiger partial charge in [0.25, 0.3) is 0 Å². The van der Waals surface area contributed by atoms with E-state index in [9.17, 15) is 5.26 Å². The fraction of sp³-hybridized carbons (Fsp3) is 0.0189. The van der Waals surface area contributed by atoms with Crippen LogP contribution in [0.4, 0.5) is 11.4 Å². The van der Waals surface area contributed by atoms with Crippen molar-refractivity contribution in [1.82, 2.24) is 4.98 Å². The minimum atomic E-state index is 0.709. The summed E-state index contributed by atoms with van der Waals surface area (Å²) in [6, 6.07) is 65.8. The second kappa shape index (κ2) is 12.8. The average molecular weight is 712 g/mol. The van der Waals surface area contributed by atoms with Crippen LogP contribution in [0.25, 0.3) is 87.6 Å². The first-order chi connectivity index (χ1) is 27.7. The molecule has 1 aromatic heterocycles. The first-order valence-electron chi connectivity index (χ1n) is 19.0. The molecule has 1 aliphatic rings. The van der Waals surface area contributed by atoms with Crippen LogP contribution in [0.5, 0.6) is 0 Å². The summed E-state index contributed by atoms with van der Waals surface area (Å²) in [5.74, 6) is 0. The number of benzene rings is 9. The third-order valence-corrected chi connectivity index (χ3v) is 11.6. The lowest BCUT2D eigenvalue weighted by molar-refractivity contribution is 0.982. The molecule has 0 fully saturated rings. The van der Waals surface area contributed by atoms with Crippen molar-refractivity contribution in [1.29, 1.82) is 5.26 Å². The quantitative estimate of drug-likeness (QED) is 0.132. The van der Waals surface area contributed by atoms with Gasteiger partial charge in [0.05, 0.1) is 11.6 Å². The molecule has 0 spiro atoms. The highest BCUT2D eigenvalue weighted by atomic mass is 15.1. The Hall–Kier alpha value is -7.54. The standard InChI is InChI=1S/C53H33N3/c54-31-38-18-19-40-33-56(41-16-8-3-9-17-41)49-27-26-42(44-25-24-43(38)52(40)53(44)49)37-21-23-46-48(30-37)51(35-13-6-2-7-14-35)45-22-20-36(39-15-10-28-55-32-39)29-47(45)50(46)34-11-4-1-5-12-34/h1-30,32H,33H2. The van der Waals surface area contributed by atoms with Crippen LogP contribution in [0.2, 0.25) is 0 Å². The number of pyridine rings is 1. The topological polar surface area (TPSA) is 39.9 Å². The highest BCUT2D eigenvalue weighted by Crippen LogP contribution is 2.49. The Morgan fingerprint density at radius 3 is 1.73 bits per heavy atom. The zero-order valence-corrected chi connectivity index (χ0v) is 30.4. The molecule has 56 heavy (non-hydrogen) atoms. The average Bonchev–Trinajstić information content (AvgIpc) is 3.27. The molecular weight excluding hydrogens is 679 g/mol. The summed E-state index contributed by atoms with van der Waals surface area (Å²) < 4.78 is 0. The molecule has 0 amide bonds. The van der Waals surface area contributed by atoms with E-state index in [2.05, 4.69) is 180 Å². The molecular formula is C53H33N3. The Morgan fingerprint density at radius 1 is 0.464 bits per heavy atom. The lowest BCUT2D eigenvalue weighted by Gasteiger charge is -2.32. The van der Waals surface area contributed by atoms with E-state index in [1.165, 1.54) is 71.1 Å². The highest BCUT2D eigenvalue weighted by molar-refractivity contribution is 6.24. The molecule has 0 radical (unpaired) electrons. The fourth-order valence-corrected chi connectivity index (χ4v) is 9.08. The molecule has 3 nitrogen and oxygen atoms in total. The monoisotopic (exact) mass is 711 g/mol. The summed E-state index contributed by atoms with van der Waals surface area (Å²) in [6.45, 7) is 0.742. The number of fused-ring (bicyclic) bond motifs is 2. The summed E-state index contributed by atoms with van der Waals surface area (Å²) >= 11 is 0. The minimum Gasteiger partial charge on any atom is -0.336 e. The van der Waals surface area contributed by atoms with Crippen LogP contribution >= 0.6 is 0 Å². The SMILES string of the molecule is N#Cc1ccc2c3c1ccc1c(-c4ccc5c(-c6ccccc6)c6cc(-c7cccnc7)ccc6c(-c6ccccc6)c5c4)ccc(c13)N(c1ccccc1)C2. The number of anilines is 2. The van der Waals surface area contributed by atoms with E-state index in [1.807, 2.05) is 24.5 Å². The molecule has 9 aromatic carbocycles. The van der Waals surface area contributed by atoms with Gasteiger partial charge in [-0.2, -0.15) is 5.26 Å². The summed E-state index contributed by atoms with van der Waals surface area (Å²) in [5, 5.41) is 19.6. The molecule has 0 saturated carbocycles. The van der Waals surface area contributed by atoms with Crippen LogP contribution in [0, 0.1) is 11.3 Å². The van der Waals surface area contributed by atoms with Gasteiger partial charge in [-0.05, 0) is 119 Å². The van der Waals surface area contributed by atoms with Crippen molar-refractivity contribution in [2.75, 3.05) is 4.90 Å². The molecule has 3 heteroatoms. The van der Waals surface area contributed by atoms with Gasteiger partial charge in [-0.25, -0.2) is 0 Å². The number of hydrogen-bond donors (Lipinski definition) is 0.